The maximum absolute atomic E-state index is 12.0. The van der Waals surface area contributed by atoms with Crippen LogP contribution < -0.4 is 4.74 Å². The van der Waals surface area contributed by atoms with Gasteiger partial charge in [-0.15, -0.1) is 0 Å². The van der Waals surface area contributed by atoms with Gasteiger partial charge in [-0.1, -0.05) is 44.2 Å². The molecule has 0 saturated heterocycles. The second-order valence-electron chi connectivity index (χ2n) is 6.94. The van der Waals surface area contributed by atoms with Crippen LogP contribution in [0.5, 0.6) is 11.8 Å². The number of benzene rings is 1. The first-order chi connectivity index (χ1) is 13.7. The molecule has 2 aromatic heterocycles. The molecule has 3 aromatic rings. The number of rotatable bonds is 12. The average molecular weight is 388 g/mol. The number of hydrogen-bond donors (Lipinski definition) is 1. The Kier molecular flexibility index (Phi) is 7.70. The Morgan fingerprint density at radius 1 is 0.893 bits per heavy atom. The van der Waals surface area contributed by atoms with Gasteiger partial charge in [-0.05, 0) is 37.0 Å². The number of halogens is 2. The summed E-state index contributed by atoms with van der Waals surface area (Å²) in [6.07, 6.45) is 9.39. The summed E-state index contributed by atoms with van der Waals surface area (Å²) in [6.45, 7) is 0. The molecule has 0 bridgehead atoms. The van der Waals surface area contributed by atoms with Gasteiger partial charge in [0.05, 0.1) is 12.5 Å². The lowest BCUT2D eigenvalue weighted by Crippen LogP contribution is -1.93. The molecule has 0 amide bonds. The van der Waals surface area contributed by atoms with Crippen molar-refractivity contribution in [3.8, 4) is 11.8 Å². The summed E-state index contributed by atoms with van der Waals surface area (Å²) in [5.41, 5.74) is 2.62. The zero-order chi connectivity index (χ0) is 19.6. The van der Waals surface area contributed by atoms with Crippen molar-refractivity contribution in [2.24, 2.45) is 0 Å². The van der Waals surface area contributed by atoms with E-state index in [0.717, 1.165) is 37.6 Å². The molecule has 2 heterocycles. The highest BCUT2D eigenvalue weighted by Crippen LogP contribution is 2.20. The van der Waals surface area contributed by atoms with Gasteiger partial charge in [0.2, 0.25) is 6.43 Å². The van der Waals surface area contributed by atoms with Crippen LogP contribution in [-0.4, -0.2) is 26.4 Å². The fourth-order valence-electron chi connectivity index (χ4n) is 3.11. The molecule has 0 saturated carbocycles. The van der Waals surface area contributed by atoms with Crippen molar-refractivity contribution in [3.05, 3.63) is 42.4 Å². The van der Waals surface area contributed by atoms with E-state index in [9.17, 15) is 8.78 Å². The summed E-state index contributed by atoms with van der Waals surface area (Å²) < 4.78 is 29.8. The average Bonchev–Trinajstić information content (AvgIpc) is 3.15. The van der Waals surface area contributed by atoms with Crippen LogP contribution in [0.3, 0.4) is 0 Å². The third kappa shape index (κ3) is 6.55. The quantitative estimate of drug-likeness (QED) is 0.382. The van der Waals surface area contributed by atoms with Gasteiger partial charge in [-0.2, -0.15) is 4.98 Å². The van der Waals surface area contributed by atoms with Gasteiger partial charge in [-0.25, -0.2) is 18.7 Å². The summed E-state index contributed by atoms with van der Waals surface area (Å²) in [7, 11) is 0. The standard InChI is InChI=1S/C21H26F2N4O/c22-19(23)9-7-5-3-1-2-4-6-8-16-10-12-17(13-11-16)28-21-24-14-18-20(27-21)26-15-25-18/h10-15,19H,1-9H2,(H,24,25,26,27). The van der Waals surface area contributed by atoms with Gasteiger partial charge in [0.25, 0.3) is 0 Å². The molecule has 1 aromatic carbocycles. The highest BCUT2D eigenvalue weighted by molar-refractivity contribution is 5.68. The van der Waals surface area contributed by atoms with Crippen LogP contribution in [0.2, 0.25) is 0 Å². The number of nitrogens with one attached hydrogen (secondary N) is 1. The molecular weight excluding hydrogens is 362 g/mol. The Hall–Kier alpha value is -2.57. The van der Waals surface area contributed by atoms with Crippen molar-refractivity contribution < 1.29 is 13.5 Å². The van der Waals surface area contributed by atoms with E-state index in [0.29, 0.717) is 17.8 Å². The van der Waals surface area contributed by atoms with Crippen LogP contribution in [0.4, 0.5) is 8.78 Å². The number of unbranched alkanes of at least 4 members (excludes halogenated alkanes) is 6. The molecule has 5 nitrogen and oxygen atoms in total. The normalized spacial score (nSPS) is 11.4. The topological polar surface area (TPSA) is 63.7 Å². The Balaban J connectivity index is 1.32. The van der Waals surface area contributed by atoms with E-state index in [1.54, 1.807) is 12.5 Å². The zero-order valence-corrected chi connectivity index (χ0v) is 15.9. The number of H-pyrrole nitrogens is 1. The smallest absolute Gasteiger partial charge is 0.324 e. The molecule has 0 spiro atoms. The number of aromatic amines is 1. The predicted molar refractivity (Wildman–Crippen MR) is 105 cm³/mol. The highest BCUT2D eigenvalue weighted by Gasteiger charge is 2.05. The van der Waals surface area contributed by atoms with E-state index in [1.165, 1.54) is 18.4 Å². The van der Waals surface area contributed by atoms with Gasteiger partial charge in [0.1, 0.15) is 11.3 Å². The van der Waals surface area contributed by atoms with Crippen molar-refractivity contribution in [1.82, 2.24) is 19.9 Å². The third-order valence-electron chi connectivity index (χ3n) is 4.67. The fraction of sp³-hybridized carbons (Fsp3) is 0.476. The van der Waals surface area contributed by atoms with Crippen molar-refractivity contribution in [3.63, 3.8) is 0 Å². The maximum Gasteiger partial charge on any atom is 0.324 e. The molecule has 0 atom stereocenters. The third-order valence-corrected chi connectivity index (χ3v) is 4.67. The Morgan fingerprint density at radius 3 is 2.36 bits per heavy atom. The second-order valence-corrected chi connectivity index (χ2v) is 6.94. The van der Waals surface area contributed by atoms with Crippen molar-refractivity contribution in [2.75, 3.05) is 0 Å². The first-order valence-electron chi connectivity index (χ1n) is 9.92. The molecule has 150 valence electrons. The van der Waals surface area contributed by atoms with E-state index in [1.807, 2.05) is 12.1 Å². The molecule has 0 fully saturated rings. The fourth-order valence-corrected chi connectivity index (χ4v) is 3.11. The maximum atomic E-state index is 12.0. The molecular formula is C21H26F2N4O. The number of fused-ring (bicyclic) bond motifs is 1. The molecule has 28 heavy (non-hydrogen) atoms. The minimum Gasteiger partial charge on any atom is -0.424 e. The SMILES string of the molecule is FC(F)CCCCCCCCCc1ccc(Oc2ncc3[nH]cnc3n2)cc1. The van der Waals surface area contributed by atoms with Gasteiger partial charge < -0.3 is 9.72 Å². The van der Waals surface area contributed by atoms with Crippen LogP contribution in [-0.2, 0) is 6.42 Å². The summed E-state index contributed by atoms with van der Waals surface area (Å²) in [6, 6.07) is 8.26. The van der Waals surface area contributed by atoms with E-state index in [2.05, 4.69) is 32.1 Å². The van der Waals surface area contributed by atoms with Gasteiger partial charge in [0, 0.05) is 6.42 Å². The van der Waals surface area contributed by atoms with Crippen LogP contribution in [0.15, 0.2) is 36.8 Å². The van der Waals surface area contributed by atoms with E-state index >= 15 is 0 Å². The van der Waals surface area contributed by atoms with Gasteiger partial charge in [0.15, 0.2) is 5.65 Å². The lowest BCUT2D eigenvalue weighted by molar-refractivity contribution is 0.133. The molecule has 3 rings (SSSR count). The number of nitrogens with zero attached hydrogens (tertiary/aromatic N) is 3. The molecule has 1 N–H and O–H groups in total. The molecule has 0 aliphatic carbocycles. The Morgan fingerprint density at radius 2 is 1.61 bits per heavy atom. The van der Waals surface area contributed by atoms with Crippen LogP contribution >= 0.6 is 0 Å². The number of ether oxygens (including phenoxy) is 1. The first kappa shape index (κ1) is 20.2. The number of hydrogen-bond acceptors (Lipinski definition) is 4. The number of aromatic nitrogens is 4. The van der Waals surface area contributed by atoms with Crippen LogP contribution in [0, 0.1) is 0 Å². The molecule has 0 radical (unpaired) electrons. The number of imidazole rings is 1. The monoisotopic (exact) mass is 388 g/mol. The van der Waals surface area contributed by atoms with Crippen molar-refractivity contribution >= 4 is 11.2 Å². The van der Waals surface area contributed by atoms with Gasteiger partial charge in [-0.3, -0.25) is 0 Å². The molecule has 0 unspecified atom stereocenters. The zero-order valence-electron chi connectivity index (χ0n) is 15.9. The van der Waals surface area contributed by atoms with Crippen molar-refractivity contribution in [2.45, 2.75) is 64.2 Å². The van der Waals surface area contributed by atoms with E-state index in [4.69, 9.17) is 4.74 Å². The Labute approximate surface area is 163 Å². The number of aryl methyl sites for hydroxylation is 1. The minimum atomic E-state index is -2.15. The Bertz CT molecular complexity index is 836. The second kappa shape index (κ2) is 10.7. The molecule has 0 aliphatic heterocycles. The summed E-state index contributed by atoms with van der Waals surface area (Å²) in [5, 5.41) is 0. The van der Waals surface area contributed by atoms with E-state index in [-0.39, 0.29) is 12.4 Å². The number of alkyl halides is 2. The molecule has 7 heteroatoms. The summed E-state index contributed by atoms with van der Waals surface area (Å²) in [5.74, 6) is 0.697. The minimum absolute atomic E-state index is 0.0451. The van der Waals surface area contributed by atoms with Gasteiger partial charge >= 0.3 is 6.01 Å². The first-order valence-corrected chi connectivity index (χ1v) is 9.92. The van der Waals surface area contributed by atoms with E-state index < -0.39 is 6.43 Å². The van der Waals surface area contributed by atoms with Crippen molar-refractivity contribution in [1.29, 1.82) is 0 Å². The van der Waals surface area contributed by atoms with Crippen LogP contribution in [0.1, 0.15) is 56.9 Å². The largest absolute Gasteiger partial charge is 0.424 e. The molecule has 0 aliphatic rings. The summed E-state index contributed by atoms with van der Waals surface area (Å²) in [4.78, 5) is 15.4. The highest BCUT2D eigenvalue weighted by atomic mass is 19.3. The predicted octanol–water partition coefficient (Wildman–Crippen LogP) is 6.07. The lowest BCUT2D eigenvalue weighted by atomic mass is 10.0. The van der Waals surface area contributed by atoms with Crippen LogP contribution in [0.25, 0.3) is 11.2 Å². The lowest BCUT2D eigenvalue weighted by Gasteiger charge is -2.06. The summed E-state index contributed by atoms with van der Waals surface area (Å²) >= 11 is 0.